The van der Waals surface area contributed by atoms with E-state index in [-0.39, 0.29) is 42.1 Å². The van der Waals surface area contributed by atoms with Crippen molar-refractivity contribution in [2.45, 2.75) is 26.0 Å². The van der Waals surface area contributed by atoms with Gasteiger partial charge in [0.05, 0.1) is 31.4 Å². The van der Waals surface area contributed by atoms with Crippen molar-refractivity contribution in [2.24, 2.45) is 0 Å². The molecular weight excluding hydrogens is 414 g/mol. The first-order valence-corrected chi connectivity index (χ1v) is 10.2. The van der Waals surface area contributed by atoms with Gasteiger partial charge < -0.3 is 29.3 Å². The summed E-state index contributed by atoms with van der Waals surface area (Å²) in [5.74, 6) is -1.09. The molecular formula is C24H27NO7. The molecule has 0 saturated carbocycles. The maximum atomic E-state index is 13.0. The van der Waals surface area contributed by atoms with E-state index >= 15 is 0 Å². The van der Waals surface area contributed by atoms with Gasteiger partial charge in [0, 0.05) is 19.2 Å². The number of hydrogen-bond acceptors (Lipinski definition) is 7. The molecule has 0 aromatic heterocycles. The third-order valence-corrected chi connectivity index (χ3v) is 5.10. The number of aromatic hydroxyl groups is 1. The zero-order chi connectivity index (χ0) is 23.4. The fourth-order valence-corrected chi connectivity index (χ4v) is 3.63. The Morgan fingerprint density at radius 1 is 1.09 bits per heavy atom. The standard InChI is InChI=1S/C24H27NO7/c1-14(2)32-17-8-5-15(6-9-17)22(27)20-21(16-7-10-18(26)19(13-16)31-4)25(11-12-30-3)24(29)23(20)28/h5-10,13-14,21,26-27H,11-12H2,1-4H3. The minimum atomic E-state index is -0.869. The third kappa shape index (κ3) is 4.55. The number of carbonyl (C=O) groups excluding carboxylic acids is 2. The van der Waals surface area contributed by atoms with Crippen LogP contribution < -0.4 is 9.47 Å². The Morgan fingerprint density at radius 2 is 1.78 bits per heavy atom. The molecule has 1 heterocycles. The fraction of sp³-hybridized carbons (Fsp3) is 0.333. The predicted octanol–water partition coefficient (Wildman–Crippen LogP) is 3.26. The Labute approximate surface area is 186 Å². The van der Waals surface area contributed by atoms with E-state index in [1.807, 2.05) is 13.8 Å². The molecule has 1 aliphatic heterocycles. The van der Waals surface area contributed by atoms with Crippen molar-refractivity contribution in [3.8, 4) is 17.2 Å². The highest BCUT2D eigenvalue weighted by Crippen LogP contribution is 2.41. The molecule has 1 aliphatic rings. The lowest BCUT2D eigenvalue weighted by molar-refractivity contribution is -0.140. The molecule has 0 spiro atoms. The van der Waals surface area contributed by atoms with E-state index in [9.17, 15) is 19.8 Å². The van der Waals surface area contributed by atoms with E-state index in [2.05, 4.69) is 0 Å². The van der Waals surface area contributed by atoms with Crippen LogP contribution in [0.2, 0.25) is 0 Å². The van der Waals surface area contributed by atoms with Gasteiger partial charge in [0.25, 0.3) is 11.7 Å². The predicted molar refractivity (Wildman–Crippen MR) is 118 cm³/mol. The van der Waals surface area contributed by atoms with Gasteiger partial charge in [-0.3, -0.25) is 9.59 Å². The summed E-state index contributed by atoms with van der Waals surface area (Å²) in [6.07, 6.45) is -0.00923. The van der Waals surface area contributed by atoms with Gasteiger partial charge in [-0.05, 0) is 55.8 Å². The second kappa shape index (κ2) is 9.74. The van der Waals surface area contributed by atoms with Crippen LogP contribution in [0.15, 0.2) is 48.0 Å². The van der Waals surface area contributed by atoms with Crippen molar-refractivity contribution in [2.75, 3.05) is 27.4 Å². The molecule has 1 atom stereocenters. The van der Waals surface area contributed by atoms with Gasteiger partial charge in [0.15, 0.2) is 11.5 Å². The largest absolute Gasteiger partial charge is 0.507 e. The van der Waals surface area contributed by atoms with Gasteiger partial charge in [-0.15, -0.1) is 0 Å². The van der Waals surface area contributed by atoms with Crippen molar-refractivity contribution >= 4 is 17.4 Å². The number of hydrogen-bond donors (Lipinski definition) is 2. The smallest absolute Gasteiger partial charge is 0.295 e. The summed E-state index contributed by atoms with van der Waals surface area (Å²) in [5.41, 5.74) is 0.842. The van der Waals surface area contributed by atoms with Crippen molar-refractivity contribution in [1.29, 1.82) is 0 Å². The first kappa shape index (κ1) is 23.1. The molecule has 170 valence electrons. The maximum absolute atomic E-state index is 13.0. The van der Waals surface area contributed by atoms with Crippen LogP contribution in [0.5, 0.6) is 17.2 Å². The van der Waals surface area contributed by atoms with Crippen LogP contribution >= 0.6 is 0 Å². The number of amides is 1. The number of aliphatic hydroxyl groups is 1. The Kier molecular flexibility index (Phi) is 7.05. The number of rotatable bonds is 8. The molecule has 1 amide bonds. The van der Waals surface area contributed by atoms with E-state index in [0.717, 1.165) is 0 Å². The number of phenols is 1. The summed E-state index contributed by atoms with van der Waals surface area (Å²) in [4.78, 5) is 27.1. The number of methoxy groups -OCH3 is 2. The van der Waals surface area contributed by atoms with Gasteiger partial charge in [-0.2, -0.15) is 0 Å². The highest BCUT2D eigenvalue weighted by Gasteiger charge is 2.46. The number of nitrogens with zero attached hydrogens (tertiary/aromatic N) is 1. The van der Waals surface area contributed by atoms with Gasteiger partial charge in [0.2, 0.25) is 0 Å². The molecule has 3 rings (SSSR count). The van der Waals surface area contributed by atoms with Gasteiger partial charge in [0.1, 0.15) is 11.5 Å². The van der Waals surface area contributed by atoms with Gasteiger partial charge >= 0.3 is 0 Å². The number of aliphatic hydroxyl groups excluding tert-OH is 1. The summed E-state index contributed by atoms with van der Waals surface area (Å²) >= 11 is 0. The van der Waals surface area contributed by atoms with Crippen LogP contribution in [0, 0.1) is 0 Å². The summed E-state index contributed by atoms with van der Waals surface area (Å²) in [6.45, 7) is 4.16. The Hall–Kier alpha value is -3.52. The molecule has 0 bridgehead atoms. The number of carbonyl (C=O) groups is 2. The van der Waals surface area contributed by atoms with Crippen molar-refractivity contribution in [3.05, 3.63) is 59.2 Å². The van der Waals surface area contributed by atoms with Crippen LogP contribution in [0.25, 0.3) is 5.76 Å². The lowest BCUT2D eigenvalue weighted by Crippen LogP contribution is -2.32. The molecule has 0 aliphatic carbocycles. The number of ketones is 1. The molecule has 8 heteroatoms. The number of phenolic OH excluding ortho intramolecular Hbond substituents is 1. The summed E-state index contributed by atoms with van der Waals surface area (Å²) in [7, 11) is 2.90. The summed E-state index contributed by atoms with van der Waals surface area (Å²) in [5, 5.41) is 21.0. The van der Waals surface area contributed by atoms with Crippen LogP contribution in [0.3, 0.4) is 0 Å². The van der Waals surface area contributed by atoms with Gasteiger partial charge in [-0.25, -0.2) is 0 Å². The van der Waals surface area contributed by atoms with Crippen molar-refractivity contribution in [3.63, 3.8) is 0 Å². The summed E-state index contributed by atoms with van der Waals surface area (Å²) in [6, 6.07) is 10.3. The van der Waals surface area contributed by atoms with E-state index in [0.29, 0.717) is 16.9 Å². The molecule has 2 aromatic rings. The fourth-order valence-electron chi connectivity index (χ4n) is 3.63. The number of Topliss-reactive ketones (excluding diaryl/α,β-unsaturated/α-hetero) is 1. The van der Waals surface area contributed by atoms with E-state index < -0.39 is 17.7 Å². The van der Waals surface area contributed by atoms with E-state index in [1.165, 1.54) is 25.2 Å². The molecule has 8 nitrogen and oxygen atoms in total. The minimum Gasteiger partial charge on any atom is -0.507 e. The normalized spacial score (nSPS) is 17.8. The highest BCUT2D eigenvalue weighted by molar-refractivity contribution is 6.46. The molecule has 1 fully saturated rings. The maximum Gasteiger partial charge on any atom is 0.295 e. The number of benzene rings is 2. The quantitative estimate of drug-likeness (QED) is 0.368. The van der Waals surface area contributed by atoms with E-state index in [4.69, 9.17) is 14.2 Å². The van der Waals surface area contributed by atoms with Crippen LogP contribution in [-0.4, -0.2) is 60.3 Å². The first-order chi connectivity index (χ1) is 15.3. The van der Waals surface area contributed by atoms with Crippen LogP contribution in [0.4, 0.5) is 0 Å². The first-order valence-electron chi connectivity index (χ1n) is 10.2. The second-order valence-corrected chi connectivity index (χ2v) is 7.61. The lowest BCUT2D eigenvalue weighted by Gasteiger charge is -2.25. The molecule has 1 saturated heterocycles. The zero-order valence-corrected chi connectivity index (χ0v) is 18.5. The third-order valence-electron chi connectivity index (χ3n) is 5.10. The van der Waals surface area contributed by atoms with Crippen LogP contribution in [0.1, 0.15) is 31.0 Å². The minimum absolute atomic E-state index is 0.00923. The zero-order valence-electron chi connectivity index (χ0n) is 18.5. The Morgan fingerprint density at radius 3 is 2.38 bits per heavy atom. The molecule has 0 radical (unpaired) electrons. The lowest BCUT2D eigenvalue weighted by atomic mass is 9.95. The average molecular weight is 441 g/mol. The molecule has 1 unspecified atom stereocenters. The second-order valence-electron chi connectivity index (χ2n) is 7.61. The van der Waals surface area contributed by atoms with E-state index in [1.54, 1.807) is 36.4 Å². The highest BCUT2D eigenvalue weighted by atomic mass is 16.5. The van der Waals surface area contributed by atoms with Gasteiger partial charge in [-0.1, -0.05) is 6.07 Å². The molecule has 32 heavy (non-hydrogen) atoms. The average Bonchev–Trinajstić information content (AvgIpc) is 3.02. The Bertz CT molecular complexity index is 1030. The number of likely N-dealkylation sites (tertiary alicyclic amines) is 1. The summed E-state index contributed by atoms with van der Waals surface area (Å²) < 4.78 is 15.9. The molecule has 2 aromatic carbocycles. The topological polar surface area (TPSA) is 106 Å². The van der Waals surface area contributed by atoms with Crippen molar-refractivity contribution in [1.82, 2.24) is 4.90 Å². The number of ether oxygens (including phenoxy) is 3. The monoisotopic (exact) mass is 441 g/mol. The Balaban J connectivity index is 2.11. The van der Waals surface area contributed by atoms with Crippen LogP contribution in [-0.2, 0) is 14.3 Å². The SMILES string of the molecule is COCCN1C(=O)C(=O)C(=C(O)c2ccc(OC(C)C)cc2)C1c1ccc(O)c(OC)c1. The molecule has 2 N–H and O–H groups in total. The van der Waals surface area contributed by atoms with Crippen molar-refractivity contribution < 1.29 is 34.0 Å².